The van der Waals surface area contributed by atoms with Gasteiger partial charge in [0, 0.05) is 0 Å². The second-order valence-electron chi connectivity index (χ2n) is 9.29. The molecule has 0 nitrogen and oxygen atoms in total. The van der Waals surface area contributed by atoms with E-state index in [1.165, 1.54) is 49.7 Å². The van der Waals surface area contributed by atoms with Crippen LogP contribution in [0, 0.1) is 23.8 Å². The van der Waals surface area contributed by atoms with Crippen LogP contribution in [0.4, 0.5) is 0 Å². The first-order valence-electron chi connectivity index (χ1n) is 9.53. The molecule has 0 heterocycles. The Labute approximate surface area is 136 Å². The largest absolute Gasteiger partial charge is 0.0587 e. The third-order valence-electron chi connectivity index (χ3n) is 6.81. The highest BCUT2D eigenvalue weighted by molar-refractivity contribution is 5.38. The smallest absolute Gasteiger partial charge is 0.00389 e. The highest BCUT2D eigenvalue weighted by Gasteiger charge is 2.51. The van der Waals surface area contributed by atoms with E-state index in [0.29, 0.717) is 17.3 Å². The molecule has 1 aromatic carbocycles. The van der Waals surface area contributed by atoms with Crippen molar-refractivity contribution >= 4 is 0 Å². The lowest BCUT2D eigenvalue weighted by Gasteiger charge is -2.57. The number of benzene rings is 1. The summed E-state index contributed by atoms with van der Waals surface area (Å²) in [6, 6.07) is 8.78. The van der Waals surface area contributed by atoms with Gasteiger partial charge in [-0.15, -0.1) is 0 Å². The van der Waals surface area contributed by atoms with E-state index in [4.69, 9.17) is 0 Å². The molecule has 22 heavy (non-hydrogen) atoms. The zero-order chi connectivity index (χ0) is 15.5. The maximum atomic E-state index is 3.72. The van der Waals surface area contributed by atoms with Crippen molar-refractivity contribution in [3.63, 3.8) is 0 Å². The molecular weight excluding hydrogens is 264 g/mol. The molecule has 0 amide bonds. The summed E-state index contributed by atoms with van der Waals surface area (Å²) in [5.74, 6) is 4.26. The summed E-state index contributed by atoms with van der Waals surface area (Å²) in [4.78, 5) is 0. The molecule has 0 unspecified atom stereocenters. The van der Waals surface area contributed by atoms with E-state index in [1.54, 1.807) is 5.56 Å². The second-order valence-corrected chi connectivity index (χ2v) is 9.29. The van der Waals surface area contributed by atoms with Gasteiger partial charge >= 0.3 is 0 Å². The van der Waals surface area contributed by atoms with Gasteiger partial charge in [0.1, 0.15) is 0 Å². The lowest BCUT2D eigenvalue weighted by Crippen LogP contribution is -2.48. The van der Waals surface area contributed by atoms with Gasteiger partial charge in [-0.05, 0) is 96.3 Å². The van der Waals surface area contributed by atoms with Gasteiger partial charge in [-0.3, -0.25) is 0 Å². The summed E-state index contributed by atoms with van der Waals surface area (Å²) in [5, 5.41) is 0. The number of hydrogen-bond donors (Lipinski definition) is 0. The topological polar surface area (TPSA) is 0 Å². The normalized spacial score (nSPS) is 36.5. The molecule has 0 N–H and O–H groups in total. The predicted molar refractivity (Wildman–Crippen MR) is 93.3 cm³/mol. The van der Waals surface area contributed by atoms with Crippen molar-refractivity contribution < 1.29 is 0 Å². The Morgan fingerprint density at radius 3 is 1.59 bits per heavy atom. The van der Waals surface area contributed by atoms with Crippen LogP contribution < -0.4 is 0 Å². The fourth-order valence-electron chi connectivity index (χ4n) is 6.01. The van der Waals surface area contributed by atoms with Crippen molar-refractivity contribution in [1.82, 2.24) is 0 Å². The van der Waals surface area contributed by atoms with E-state index >= 15 is 0 Å². The third kappa shape index (κ3) is 2.34. The molecule has 0 heteroatoms. The molecule has 4 aliphatic carbocycles. The molecule has 0 saturated heterocycles. The van der Waals surface area contributed by atoms with Gasteiger partial charge in [0.05, 0.1) is 0 Å². The summed E-state index contributed by atoms with van der Waals surface area (Å²) in [6.07, 6.45) is 9.01. The first-order chi connectivity index (χ1) is 10.4. The Kier molecular flexibility index (Phi) is 3.44. The highest BCUT2D eigenvalue weighted by atomic mass is 14.6. The average molecular weight is 295 g/mol. The molecule has 0 aliphatic heterocycles. The van der Waals surface area contributed by atoms with Gasteiger partial charge in [0.15, 0.2) is 0 Å². The third-order valence-corrected chi connectivity index (χ3v) is 6.81. The van der Waals surface area contributed by atoms with Crippen molar-refractivity contribution in [2.75, 3.05) is 0 Å². The Balaban J connectivity index is 1.78. The molecule has 119 valence electrons. The monoisotopic (exact) mass is 295 g/mol. The Bertz CT molecular complexity index is 502. The minimum absolute atomic E-state index is 0.525. The maximum Gasteiger partial charge on any atom is -0.00389 e. The molecule has 4 fully saturated rings. The fourth-order valence-corrected chi connectivity index (χ4v) is 6.01. The first-order valence-corrected chi connectivity index (χ1v) is 9.53. The Morgan fingerprint density at radius 1 is 0.818 bits per heavy atom. The number of hydrogen-bond acceptors (Lipinski definition) is 0. The van der Waals surface area contributed by atoms with Crippen LogP contribution in [-0.2, 0) is 5.41 Å². The van der Waals surface area contributed by atoms with E-state index in [2.05, 4.69) is 45.9 Å². The quantitative estimate of drug-likeness (QED) is 0.622. The molecule has 4 saturated carbocycles. The Morgan fingerprint density at radius 2 is 1.23 bits per heavy atom. The molecule has 5 rings (SSSR count). The summed E-state index contributed by atoms with van der Waals surface area (Å²) in [6.45, 7) is 9.28. The Hall–Kier alpha value is -0.780. The maximum absolute atomic E-state index is 3.72. The van der Waals surface area contributed by atoms with Crippen molar-refractivity contribution in [3.8, 4) is 0 Å². The minimum Gasteiger partial charge on any atom is -0.0587 e. The minimum atomic E-state index is 0.525. The van der Waals surface area contributed by atoms with E-state index in [-0.39, 0.29) is 0 Å². The predicted octanol–water partition coefficient (Wildman–Crippen LogP) is 6.20. The van der Waals surface area contributed by atoms with Crippen LogP contribution in [0.2, 0.25) is 0 Å². The molecule has 4 aliphatic rings. The first kappa shape index (κ1) is 14.8. The summed E-state index contributed by atoms with van der Waals surface area (Å²) in [5.41, 5.74) is 5.09. The van der Waals surface area contributed by atoms with E-state index in [1.807, 2.05) is 0 Å². The average Bonchev–Trinajstić information content (AvgIpc) is 2.45. The van der Waals surface area contributed by atoms with Crippen LogP contribution in [0.3, 0.4) is 0 Å². The van der Waals surface area contributed by atoms with Crippen LogP contribution in [0.15, 0.2) is 12.1 Å². The lowest BCUT2D eigenvalue weighted by atomic mass is 9.48. The van der Waals surface area contributed by atoms with Crippen LogP contribution in [-0.4, -0.2) is 0 Å². The van der Waals surface area contributed by atoms with Crippen LogP contribution >= 0.6 is 0 Å². The van der Waals surface area contributed by atoms with Crippen LogP contribution in [0.25, 0.3) is 0 Å². The van der Waals surface area contributed by atoms with Gasteiger partial charge in [-0.1, -0.05) is 39.8 Å². The highest BCUT2D eigenvalue weighted by Crippen LogP contribution is 2.61. The zero-order valence-electron chi connectivity index (χ0n) is 14.8. The number of rotatable bonds is 3. The van der Waals surface area contributed by atoms with Gasteiger partial charge in [-0.2, -0.15) is 0 Å². The molecule has 0 aromatic heterocycles. The van der Waals surface area contributed by atoms with Gasteiger partial charge in [-0.25, -0.2) is 0 Å². The van der Waals surface area contributed by atoms with Crippen molar-refractivity contribution in [2.24, 2.45) is 17.8 Å². The molecular formula is C22H31. The fraction of sp³-hybridized carbons (Fsp3) is 0.727. The van der Waals surface area contributed by atoms with E-state index in [9.17, 15) is 0 Å². The van der Waals surface area contributed by atoms with Crippen molar-refractivity contribution in [2.45, 2.75) is 83.5 Å². The van der Waals surface area contributed by atoms with Gasteiger partial charge in [0.2, 0.25) is 0 Å². The van der Waals surface area contributed by atoms with Gasteiger partial charge < -0.3 is 0 Å². The second kappa shape index (κ2) is 5.11. The van der Waals surface area contributed by atoms with Crippen molar-refractivity contribution in [1.29, 1.82) is 0 Å². The lowest BCUT2D eigenvalue weighted by molar-refractivity contribution is -0.00526. The molecule has 4 bridgehead atoms. The SMILES string of the molecule is CC(C)c1[c]c(C(C)C)cc(C23CC4CC(CC(C4)C2)C3)c1. The summed E-state index contributed by atoms with van der Waals surface area (Å²) < 4.78 is 0. The summed E-state index contributed by atoms with van der Waals surface area (Å²) >= 11 is 0. The summed E-state index contributed by atoms with van der Waals surface area (Å²) in [7, 11) is 0. The van der Waals surface area contributed by atoms with Crippen LogP contribution in [0.5, 0.6) is 0 Å². The van der Waals surface area contributed by atoms with E-state index < -0.39 is 0 Å². The molecule has 1 radical (unpaired) electrons. The van der Waals surface area contributed by atoms with Crippen LogP contribution in [0.1, 0.15) is 94.7 Å². The standard InChI is InChI=1S/C22H31/c1-14(2)19-8-20(15(3)4)10-21(9-19)22-11-16-5-17(12-22)7-18(6-16)13-22/h9-10,14-18H,5-7,11-13H2,1-4H3. The van der Waals surface area contributed by atoms with E-state index in [0.717, 1.165) is 17.8 Å². The van der Waals surface area contributed by atoms with Gasteiger partial charge in [0.25, 0.3) is 0 Å². The zero-order valence-corrected chi connectivity index (χ0v) is 14.8. The van der Waals surface area contributed by atoms with Crippen molar-refractivity contribution in [3.05, 3.63) is 34.9 Å². The molecule has 0 atom stereocenters. The molecule has 1 aromatic rings. The molecule has 0 spiro atoms.